The van der Waals surface area contributed by atoms with Gasteiger partial charge in [-0.25, -0.2) is 21.6 Å². The van der Waals surface area contributed by atoms with Crippen molar-refractivity contribution in [3.8, 4) is 0 Å². The Hall–Kier alpha value is -1.74. The van der Waals surface area contributed by atoms with Crippen LogP contribution >= 0.6 is 0 Å². The highest BCUT2D eigenvalue weighted by Crippen LogP contribution is 2.22. The lowest BCUT2D eigenvalue weighted by Gasteiger charge is -2.09. The SMILES string of the molecule is COCCNS(=O)(=O)c1cccc(S(=O)(=O)c2ccccc2)c1. The van der Waals surface area contributed by atoms with Gasteiger partial charge in [-0.1, -0.05) is 24.3 Å². The molecule has 0 unspecified atom stereocenters. The van der Waals surface area contributed by atoms with Gasteiger partial charge in [-0.3, -0.25) is 0 Å². The van der Waals surface area contributed by atoms with Crippen LogP contribution in [0.15, 0.2) is 69.3 Å². The third-order valence-electron chi connectivity index (χ3n) is 3.08. The zero-order valence-electron chi connectivity index (χ0n) is 12.5. The van der Waals surface area contributed by atoms with Gasteiger partial charge in [0.25, 0.3) is 0 Å². The first-order valence-corrected chi connectivity index (χ1v) is 9.73. The van der Waals surface area contributed by atoms with Gasteiger partial charge in [-0.2, -0.15) is 0 Å². The molecule has 0 aliphatic carbocycles. The van der Waals surface area contributed by atoms with Gasteiger partial charge in [-0.15, -0.1) is 0 Å². The van der Waals surface area contributed by atoms with Gasteiger partial charge in [0.15, 0.2) is 0 Å². The van der Waals surface area contributed by atoms with Gasteiger partial charge < -0.3 is 4.74 Å². The summed E-state index contributed by atoms with van der Waals surface area (Å²) in [7, 11) is -6.10. The molecule has 0 spiro atoms. The van der Waals surface area contributed by atoms with Gasteiger partial charge in [0.2, 0.25) is 19.9 Å². The van der Waals surface area contributed by atoms with Crippen LogP contribution in [-0.2, 0) is 24.6 Å². The van der Waals surface area contributed by atoms with Crippen molar-refractivity contribution < 1.29 is 21.6 Å². The number of benzene rings is 2. The van der Waals surface area contributed by atoms with Crippen molar-refractivity contribution in [2.24, 2.45) is 0 Å². The number of rotatable bonds is 7. The Kier molecular flexibility index (Phi) is 5.53. The van der Waals surface area contributed by atoms with Crippen molar-refractivity contribution in [3.05, 3.63) is 54.6 Å². The van der Waals surface area contributed by atoms with Crippen molar-refractivity contribution in [1.29, 1.82) is 0 Å². The Balaban J connectivity index is 2.37. The van der Waals surface area contributed by atoms with Crippen LogP contribution in [0.3, 0.4) is 0 Å². The predicted octanol–water partition coefficient (Wildman–Crippen LogP) is 1.44. The van der Waals surface area contributed by atoms with Crippen LogP contribution < -0.4 is 4.72 Å². The second-order valence-corrected chi connectivity index (χ2v) is 8.40. The third kappa shape index (κ3) is 4.17. The lowest BCUT2D eigenvalue weighted by Crippen LogP contribution is -2.27. The fourth-order valence-corrected chi connectivity index (χ4v) is 4.37. The zero-order chi connectivity index (χ0) is 16.9. The molecule has 0 bridgehead atoms. The molecule has 0 atom stereocenters. The maximum atomic E-state index is 12.5. The van der Waals surface area contributed by atoms with E-state index in [1.54, 1.807) is 18.2 Å². The summed E-state index contributed by atoms with van der Waals surface area (Å²) >= 11 is 0. The average molecular weight is 355 g/mol. The summed E-state index contributed by atoms with van der Waals surface area (Å²) in [5.74, 6) is 0. The van der Waals surface area contributed by atoms with Crippen LogP contribution in [0.5, 0.6) is 0 Å². The number of nitrogens with one attached hydrogen (secondary N) is 1. The van der Waals surface area contributed by atoms with E-state index in [1.807, 2.05) is 0 Å². The van der Waals surface area contributed by atoms with Crippen molar-refractivity contribution in [1.82, 2.24) is 4.72 Å². The van der Waals surface area contributed by atoms with Gasteiger partial charge in [0, 0.05) is 13.7 Å². The predicted molar refractivity (Wildman–Crippen MR) is 85.4 cm³/mol. The minimum absolute atomic E-state index is 0.0710. The monoisotopic (exact) mass is 355 g/mol. The van der Waals surface area contributed by atoms with E-state index in [2.05, 4.69) is 4.72 Å². The summed E-state index contributed by atoms with van der Waals surface area (Å²) in [5, 5.41) is 0. The zero-order valence-corrected chi connectivity index (χ0v) is 14.1. The minimum atomic E-state index is -3.79. The van der Waals surface area contributed by atoms with E-state index in [1.165, 1.54) is 37.4 Å². The fraction of sp³-hybridized carbons (Fsp3) is 0.200. The molecule has 0 aliphatic rings. The molecule has 0 heterocycles. The van der Waals surface area contributed by atoms with Crippen molar-refractivity contribution in [3.63, 3.8) is 0 Å². The Bertz CT molecular complexity index is 862. The summed E-state index contributed by atoms with van der Waals surface area (Å²) < 4.78 is 56.5. The van der Waals surface area contributed by atoms with Crippen molar-refractivity contribution in [2.75, 3.05) is 20.3 Å². The first kappa shape index (κ1) is 17.6. The first-order valence-electron chi connectivity index (χ1n) is 6.77. The summed E-state index contributed by atoms with van der Waals surface area (Å²) in [6.45, 7) is 0.329. The maximum absolute atomic E-state index is 12.5. The molecule has 2 rings (SSSR count). The molecule has 0 saturated heterocycles. The third-order valence-corrected chi connectivity index (χ3v) is 6.30. The molecule has 0 aromatic heterocycles. The van der Waals surface area contributed by atoms with E-state index in [4.69, 9.17) is 4.74 Å². The Labute approximate surface area is 136 Å². The van der Waals surface area contributed by atoms with E-state index in [0.717, 1.165) is 6.07 Å². The lowest BCUT2D eigenvalue weighted by atomic mass is 10.4. The van der Waals surface area contributed by atoms with Crippen LogP contribution in [0.25, 0.3) is 0 Å². The molecule has 6 nitrogen and oxygen atoms in total. The number of methoxy groups -OCH3 is 1. The standard InChI is InChI=1S/C15H17NO5S2/c1-21-11-10-16-23(19,20)15-9-5-8-14(12-15)22(17,18)13-6-3-2-4-7-13/h2-9,12,16H,10-11H2,1H3. The normalized spacial score (nSPS) is 12.2. The van der Waals surface area contributed by atoms with E-state index in [9.17, 15) is 16.8 Å². The lowest BCUT2D eigenvalue weighted by molar-refractivity contribution is 0.204. The highest BCUT2D eigenvalue weighted by molar-refractivity contribution is 7.91. The molecule has 0 saturated carbocycles. The van der Waals surface area contributed by atoms with Crippen molar-refractivity contribution >= 4 is 19.9 Å². The van der Waals surface area contributed by atoms with E-state index in [0.29, 0.717) is 0 Å². The molecule has 1 N–H and O–H groups in total. The summed E-state index contributed by atoms with van der Waals surface area (Å²) in [6.07, 6.45) is 0. The number of hydrogen-bond donors (Lipinski definition) is 1. The second kappa shape index (κ2) is 7.22. The highest BCUT2D eigenvalue weighted by atomic mass is 32.2. The second-order valence-electron chi connectivity index (χ2n) is 4.68. The first-order chi connectivity index (χ1) is 10.9. The minimum Gasteiger partial charge on any atom is -0.383 e. The summed E-state index contributed by atoms with van der Waals surface area (Å²) in [4.78, 5) is -0.0641. The molecular weight excluding hydrogens is 338 g/mol. The number of sulfone groups is 1. The summed E-state index contributed by atoms with van der Waals surface area (Å²) in [6, 6.07) is 13.1. The quantitative estimate of drug-likeness (QED) is 0.759. The number of sulfonamides is 1. The van der Waals surface area contributed by atoms with Crippen LogP contribution in [0, 0.1) is 0 Å². The molecule has 0 fully saturated rings. The van der Waals surface area contributed by atoms with E-state index in [-0.39, 0.29) is 27.8 Å². The molecule has 23 heavy (non-hydrogen) atoms. The molecule has 2 aromatic carbocycles. The van der Waals surface area contributed by atoms with Crippen LogP contribution in [-0.4, -0.2) is 37.1 Å². The molecule has 8 heteroatoms. The van der Waals surface area contributed by atoms with E-state index >= 15 is 0 Å². The molecular formula is C15H17NO5S2. The maximum Gasteiger partial charge on any atom is 0.240 e. The molecule has 124 valence electrons. The average Bonchev–Trinajstić information content (AvgIpc) is 2.56. The largest absolute Gasteiger partial charge is 0.383 e. The van der Waals surface area contributed by atoms with Gasteiger partial charge in [0.1, 0.15) is 0 Å². The van der Waals surface area contributed by atoms with E-state index < -0.39 is 19.9 Å². The molecule has 2 aromatic rings. The van der Waals surface area contributed by atoms with Crippen LogP contribution in [0.2, 0.25) is 0 Å². The Morgan fingerprint density at radius 2 is 1.48 bits per heavy atom. The van der Waals surface area contributed by atoms with Gasteiger partial charge >= 0.3 is 0 Å². The topological polar surface area (TPSA) is 89.5 Å². The van der Waals surface area contributed by atoms with Gasteiger partial charge in [0.05, 0.1) is 21.3 Å². The Morgan fingerprint density at radius 3 is 2.13 bits per heavy atom. The fourth-order valence-electron chi connectivity index (χ4n) is 1.91. The van der Waals surface area contributed by atoms with Crippen LogP contribution in [0.1, 0.15) is 0 Å². The molecule has 0 aliphatic heterocycles. The smallest absolute Gasteiger partial charge is 0.240 e. The number of ether oxygens (including phenoxy) is 1. The Morgan fingerprint density at radius 1 is 0.870 bits per heavy atom. The van der Waals surface area contributed by atoms with Gasteiger partial charge in [-0.05, 0) is 30.3 Å². The number of hydrogen-bond acceptors (Lipinski definition) is 5. The summed E-state index contributed by atoms with van der Waals surface area (Å²) in [5.41, 5.74) is 0. The molecule has 0 amide bonds. The van der Waals surface area contributed by atoms with Crippen molar-refractivity contribution in [2.45, 2.75) is 14.7 Å². The molecule has 0 radical (unpaired) electrons. The highest BCUT2D eigenvalue weighted by Gasteiger charge is 2.21. The van der Waals surface area contributed by atoms with Crippen LogP contribution in [0.4, 0.5) is 0 Å².